The molecular formula is C14H26N2O. The van der Waals surface area contributed by atoms with E-state index >= 15 is 0 Å². The van der Waals surface area contributed by atoms with E-state index in [0.717, 1.165) is 31.5 Å². The summed E-state index contributed by atoms with van der Waals surface area (Å²) in [5, 5.41) is 6.82. The van der Waals surface area contributed by atoms with Crippen LogP contribution in [0.1, 0.15) is 52.9 Å². The third kappa shape index (κ3) is 4.41. The summed E-state index contributed by atoms with van der Waals surface area (Å²) in [5.41, 5.74) is 0. The van der Waals surface area contributed by atoms with Gasteiger partial charge in [0.1, 0.15) is 5.78 Å². The molecule has 1 rings (SSSR count). The Morgan fingerprint density at radius 1 is 1.41 bits per heavy atom. The molecule has 3 atom stereocenters. The van der Waals surface area contributed by atoms with E-state index in [1.54, 1.807) is 6.92 Å². The number of hydrogen-bond acceptors (Lipinski definition) is 3. The highest BCUT2D eigenvalue weighted by Crippen LogP contribution is 2.21. The minimum atomic E-state index is 0.304. The topological polar surface area (TPSA) is 41.1 Å². The van der Waals surface area contributed by atoms with Crippen molar-refractivity contribution in [3.63, 3.8) is 0 Å². The van der Waals surface area contributed by atoms with Crippen LogP contribution >= 0.6 is 0 Å². The Labute approximate surface area is 105 Å². The summed E-state index contributed by atoms with van der Waals surface area (Å²) < 4.78 is 0. The summed E-state index contributed by atoms with van der Waals surface area (Å²) in [6.07, 6.45) is 5.19. The second-order valence-electron chi connectivity index (χ2n) is 5.23. The molecule has 2 unspecified atom stereocenters. The Morgan fingerprint density at radius 2 is 2.12 bits per heavy atom. The number of hydrogen-bond donors (Lipinski definition) is 2. The van der Waals surface area contributed by atoms with Crippen molar-refractivity contribution in [2.45, 2.75) is 65.0 Å². The Balaban J connectivity index is 2.29. The summed E-state index contributed by atoms with van der Waals surface area (Å²) in [4.78, 5) is 10.9. The molecule has 0 spiro atoms. The van der Waals surface area contributed by atoms with Crippen LogP contribution in [0.15, 0.2) is 12.4 Å². The van der Waals surface area contributed by atoms with Crippen LogP contribution in [0.2, 0.25) is 0 Å². The Hall–Kier alpha value is -0.990. The molecule has 1 aliphatic heterocycles. The molecule has 2 N–H and O–H groups in total. The first-order valence-electron chi connectivity index (χ1n) is 6.76. The summed E-state index contributed by atoms with van der Waals surface area (Å²) in [5.74, 6) is 1.88. The summed E-state index contributed by atoms with van der Waals surface area (Å²) in [6, 6.07) is 0.995. The van der Waals surface area contributed by atoms with Gasteiger partial charge in [0.15, 0.2) is 0 Å². The standard InChI is InChI=1S/C14H26N2O/c1-5-13-14(16-12(4)15-13)10(2)8-6-7-9-11(3)17/h10,13-16H,4-9H2,1-3H3/t10-,13?,14?/m0/s1. The van der Waals surface area contributed by atoms with Crippen molar-refractivity contribution in [2.24, 2.45) is 5.92 Å². The van der Waals surface area contributed by atoms with Crippen LogP contribution in [0.25, 0.3) is 0 Å². The van der Waals surface area contributed by atoms with E-state index in [-0.39, 0.29) is 0 Å². The van der Waals surface area contributed by atoms with Crippen LogP contribution in [-0.2, 0) is 4.79 Å². The quantitative estimate of drug-likeness (QED) is 0.670. The van der Waals surface area contributed by atoms with Gasteiger partial charge >= 0.3 is 0 Å². The van der Waals surface area contributed by atoms with Crippen molar-refractivity contribution in [1.82, 2.24) is 10.6 Å². The second-order valence-corrected chi connectivity index (χ2v) is 5.23. The summed E-state index contributed by atoms with van der Waals surface area (Å²) in [7, 11) is 0. The minimum Gasteiger partial charge on any atom is -0.368 e. The van der Waals surface area contributed by atoms with Crippen molar-refractivity contribution >= 4 is 5.78 Å². The molecule has 3 heteroatoms. The Morgan fingerprint density at radius 3 is 2.71 bits per heavy atom. The number of carbonyl (C=O) groups excluding carboxylic acids is 1. The van der Waals surface area contributed by atoms with Crippen molar-refractivity contribution in [3.05, 3.63) is 12.4 Å². The zero-order valence-corrected chi connectivity index (χ0v) is 11.4. The average molecular weight is 238 g/mol. The molecule has 1 saturated heterocycles. The van der Waals surface area contributed by atoms with Crippen LogP contribution in [0.3, 0.4) is 0 Å². The molecule has 98 valence electrons. The first-order valence-corrected chi connectivity index (χ1v) is 6.76. The van der Waals surface area contributed by atoms with Gasteiger partial charge in [0, 0.05) is 12.5 Å². The van der Waals surface area contributed by atoms with Crippen molar-refractivity contribution in [2.75, 3.05) is 0 Å². The maximum atomic E-state index is 10.9. The summed E-state index contributed by atoms with van der Waals surface area (Å²) in [6.45, 7) is 10.1. The van der Waals surface area contributed by atoms with E-state index in [0.29, 0.717) is 23.8 Å². The molecule has 1 heterocycles. The molecule has 0 aliphatic carbocycles. The van der Waals surface area contributed by atoms with Gasteiger partial charge in [-0.2, -0.15) is 0 Å². The first kappa shape index (κ1) is 14.1. The van der Waals surface area contributed by atoms with E-state index < -0.39 is 0 Å². The first-order chi connectivity index (χ1) is 8.04. The predicted octanol–water partition coefficient (Wildman–Crippen LogP) is 2.58. The molecule has 17 heavy (non-hydrogen) atoms. The monoisotopic (exact) mass is 238 g/mol. The maximum Gasteiger partial charge on any atom is 0.129 e. The lowest BCUT2D eigenvalue weighted by atomic mass is 9.90. The van der Waals surface area contributed by atoms with Crippen LogP contribution in [0.4, 0.5) is 0 Å². The van der Waals surface area contributed by atoms with Gasteiger partial charge in [-0.05, 0) is 32.1 Å². The van der Waals surface area contributed by atoms with Crippen LogP contribution in [-0.4, -0.2) is 17.9 Å². The number of carbonyl (C=O) groups is 1. The molecule has 0 aromatic rings. The number of rotatable bonds is 7. The number of Topliss-reactive ketones (excluding diaryl/α,β-unsaturated/α-hetero) is 1. The van der Waals surface area contributed by atoms with Crippen LogP contribution < -0.4 is 10.6 Å². The SMILES string of the molecule is C=C1NC(CC)C([C@@H](C)CCCCC(C)=O)N1. The molecule has 0 amide bonds. The highest BCUT2D eigenvalue weighted by Gasteiger charge is 2.30. The fourth-order valence-electron chi connectivity index (χ4n) is 2.57. The molecule has 3 nitrogen and oxygen atoms in total. The fourth-order valence-corrected chi connectivity index (χ4v) is 2.57. The molecule has 0 bridgehead atoms. The van der Waals surface area contributed by atoms with E-state index in [9.17, 15) is 4.79 Å². The van der Waals surface area contributed by atoms with Crippen LogP contribution in [0.5, 0.6) is 0 Å². The number of nitrogens with one attached hydrogen (secondary N) is 2. The smallest absolute Gasteiger partial charge is 0.129 e. The normalized spacial score (nSPS) is 25.2. The Bertz CT molecular complexity index is 275. The van der Waals surface area contributed by atoms with Gasteiger partial charge in [-0.1, -0.05) is 26.8 Å². The molecule has 0 radical (unpaired) electrons. The van der Waals surface area contributed by atoms with Crippen molar-refractivity contribution in [1.29, 1.82) is 0 Å². The van der Waals surface area contributed by atoms with Gasteiger partial charge in [0.05, 0.1) is 11.9 Å². The average Bonchev–Trinajstić information content (AvgIpc) is 2.65. The largest absolute Gasteiger partial charge is 0.368 e. The highest BCUT2D eigenvalue weighted by molar-refractivity contribution is 5.75. The lowest BCUT2D eigenvalue weighted by Crippen LogP contribution is -2.38. The highest BCUT2D eigenvalue weighted by atomic mass is 16.1. The summed E-state index contributed by atoms with van der Waals surface area (Å²) >= 11 is 0. The zero-order chi connectivity index (χ0) is 12.8. The van der Waals surface area contributed by atoms with Crippen LogP contribution in [0, 0.1) is 5.92 Å². The van der Waals surface area contributed by atoms with Gasteiger partial charge in [0.25, 0.3) is 0 Å². The third-order valence-corrected chi connectivity index (χ3v) is 3.63. The number of ketones is 1. The molecular weight excluding hydrogens is 212 g/mol. The lowest BCUT2D eigenvalue weighted by Gasteiger charge is -2.24. The molecule has 0 aromatic carbocycles. The van der Waals surface area contributed by atoms with Gasteiger partial charge in [-0.3, -0.25) is 0 Å². The van der Waals surface area contributed by atoms with Gasteiger partial charge < -0.3 is 15.4 Å². The maximum absolute atomic E-state index is 10.9. The van der Waals surface area contributed by atoms with Crippen molar-refractivity contribution < 1.29 is 4.79 Å². The van der Waals surface area contributed by atoms with E-state index in [1.165, 1.54) is 6.42 Å². The van der Waals surface area contributed by atoms with E-state index in [4.69, 9.17) is 0 Å². The minimum absolute atomic E-state index is 0.304. The predicted molar refractivity (Wildman–Crippen MR) is 71.6 cm³/mol. The van der Waals surface area contributed by atoms with E-state index in [2.05, 4.69) is 31.1 Å². The zero-order valence-electron chi connectivity index (χ0n) is 11.4. The fraction of sp³-hybridized carbons (Fsp3) is 0.786. The lowest BCUT2D eigenvalue weighted by molar-refractivity contribution is -0.117. The number of unbranched alkanes of at least 4 members (excludes halogenated alkanes) is 1. The third-order valence-electron chi connectivity index (χ3n) is 3.63. The molecule has 1 fully saturated rings. The van der Waals surface area contributed by atoms with Gasteiger partial charge in [-0.25, -0.2) is 0 Å². The van der Waals surface area contributed by atoms with Crippen molar-refractivity contribution in [3.8, 4) is 0 Å². The molecule has 0 aromatic heterocycles. The molecule has 0 saturated carbocycles. The van der Waals surface area contributed by atoms with E-state index in [1.807, 2.05) is 0 Å². The Kier molecular flexibility index (Phi) is 5.52. The second kappa shape index (κ2) is 6.67. The van der Waals surface area contributed by atoms with Gasteiger partial charge in [-0.15, -0.1) is 0 Å². The van der Waals surface area contributed by atoms with Gasteiger partial charge in [0.2, 0.25) is 0 Å². The molecule has 1 aliphatic rings.